The monoisotopic (exact) mass is 432 g/mol. The first-order chi connectivity index (χ1) is 13.9. The highest BCUT2D eigenvalue weighted by Gasteiger charge is 2.25. The number of halogens is 1. The number of amides is 2. The van der Waals surface area contributed by atoms with Crippen molar-refractivity contribution in [3.05, 3.63) is 70.2 Å². The molecule has 0 bridgehead atoms. The zero-order valence-electron chi connectivity index (χ0n) is 17.3. The second kappa shape index (κ2) is 11.9. The Morgan fingerprint density at radius 3 is 2.52 bits per heavy atom. The quantitative estimate of drug-likeness (QED) is 0.585. The zero-order valence-corrected chi connectivity index (χ0v) is 18.9. The van der Waals surface area contributed by atoms with Gasteiger partial charge in [-0.15, -0.1) is 11.8 Å². The van der Waals surface area contributed by atoms with Crippen LogP contribution in [0.1, 0.15) is 37.0 Å². The molecular weight excluding hydrogens is 404 g/mol. The molecule has 0 aliphatic carbocycles. The van der Waals surface area contributed by atoms with E-state index >= 15 is 0 Å². The van der Waals surface area contributed by atoms with E-state index in [2.05, 4.69) is 5.32 Å². The first-order valence-electron chi connectivity index (χ1n) is 9.85. The third-order valence-corrected chi connectivity index (χ3v) is 5.80. The molecule has 2 amide bonds. The van der Waals surface area contributed by atoms with Crippen LogP contribution in [0, 0.1) is 6.92 Å². The third kappa shape index (κ3) is 7.75. The largest absolute Gasteiger partial charge is 0.354 e. The van der Waals surface area contributed by atoms with Crippen molar-refractivity contribution in [1.82, 2.24) is 10.2 Å². The summed E-state index contributed by atoms with van der Waals surface area (Å²) in [5.74, 6) is 0.842. The molecule has 6 heteroatoms. The van der Waals surface area contributed by atoms with Crippen LogP contribution in [-0.2, 0) is 21.9 Å². The first-order valence-corrected chi connectivity index (χ1v) is 11.4. The summed E-state index contributed by atoms with van der Waals surface area (Å²) in [6.07, 6.45) is 0.861. The SMILES string of the molecule is CCCNC(=O)[C@@H](C)N(Cc1ccc(C)cc1)C(=O)CSCc1cccc(Cl)c1. The van der Waals surface area contributed by atoms with Gasteiger partial charge in [0.15, 0.2) is 0 Å². The minimum absolute atomic E-state index is 0.0447. The van der Waals surface area contributed by atoms with Crippen molar-refractivity contribution in [2.75, 3.05) is 12.3 Å². The molecule has 0 spiro atoms. The van der Waals surface area contributed by atoms with Gasteiger partial charge in [0.1, 0.15) is 6.04 Å². The van der Waals surface area contributed by atoms with Crippen molar-refractivity contribution in [3.63, 3.8) is 0 Å². The average Bonchev–Trinajstić information content (AvgIpc) is 2.71. The van der Waals surface area contributed by atoms with Gasteiger partial charge in [0.05, 0.1) is 5.75 Å². The highest BCUT2D eigenvalue weighted by Crippen LogP contribution is 2.18. The number of hydrogen-bond acceptors (Lipinski definition) is 3. The Morgan fingerprint density at radius 1 is 1.14 bits per heavy atom. The number of carbonyl (C=O) groups excluding carboxylic acids is 2. The van der Waals surface area contributed by atoms with Gasteiger partial charge in [-0.1, -0.05) is 60.5 Å². The maximum atomic E-state index is 13.0. The van der Waals surface area contributed by atoms with Crippen molar-refractivity contribution < 1.29 is 9.59 Å². The number of nitrogens with zero attached hydrogens (tertiary/aromatic N) is 1. The van der Waals surface area contributed by atoms with Crippen molar-refractivity contribution >= 4 is 35.2 Å². The molecule has 1 atom stereocenters. The number of benzene rings is 2. The number of nitrogens with one attached hydrogen (secondary N) is 1. The highest BCUT2D eigenvalue weighted by atomic mass is 35.5. The average molecular weight is 433 g/mol. The number of carbonyl (C=O) groups is 2. The molecule has 0 saturated carbocycles. The van der Waals surface area contributed by atoms with Crippen LogP contribution in [0.3, 0.4) is 0 Å². The Bertz CT molecular complexity index is 811. The maximum Gasteiger partial charge on any atom is 0.242 e. The summed E-state index contributed by atoms with van der Waals surface area (Å²) >= 11 is 7.56. The molecule has 29 heavy (non-hydrogen) atoms. The lowest BCUT2D eigenvalue weighted by Gasteiger charge is -2.28. The van der Waals surface area contributed by atoms with Crippen LogP contribution in [0.15, 0.2) is 48.5 Å². The molecule has 2 aromatic rings. The van der Waals surface area contributed by atoms with E-state index in [-0.39, 0.29) is 11.8 Å². The fourth-order valence-corrected chi connectivity index (χ4v) is 3.91. The van der Waals surface area contributed by atoms with E-state index in [1.54, 1.807) is 11.8 Å². The van der Waals surface area contributed by atoms with Crippen molar-refractivity contribution in [3.8, 4) is 0 Å². The number of aryl methyl sites for hydroxylation is 1. The summed E-state index contributed by atoms with van der Waals surface area (Å²) in [6.45, 7) is 6.85. The molecule has 0 heterocycles. The van der Waals surface area contributed by atoms with E-state index < -0.39 is 6.04 Å². The summed E-state index contributed by atoms with van der Waals surface area (Å²) in [5.41, 5.74) is 3.26. The second-order valence-electron chi connectivity index (χ2n) is 7.10. The minimum atomic E-state index is -0.526. The molecule has 0 aromatic heterocycles. The highest BCUT2D eigenvalue weighted by molar-refractivity contribution is 7.99. The van der Waals surface area contributed by atoms with Gasteiger partial charge >= 0.3 is 0 Å². The molecule has 4 nitrogen and oxygen atoms in total. The summed E-state index contributed by atoms with van der Waals surface area (Å²) in [5, 5.41) is 3.59. The molecule has 0 aliphatic rings. The minimum Gasteiger partial charge on any atom is -0.354 e. The molecule has 0 aliphatic heterocycles. The van der Waals surface area contributed by atoms with Gasteiger partial charge in [-0.25, -0.2) is 0 Å². The fourth-order valence-electron chi connectivity index (χ4n) is 2.83. The van der Waals surface area contributed by atoms with Crippen molar-refractivity contribution in [2.45, 2.75) is 45.5 Å². The summed E-state index contributed by atoms with van der Waals surface area (Å²) in [4.78, 5) is 27.2. The van der Waals surface area contributed by atoms with Gasteiger partial charge in [-0.05, 0) is 43.5 Å². The second-order valence-corrected chi connectivity index (χ2v) is 8.52. The van der Waals surface area contributed by atoms with Crippen molar-refractivity contribution in [1.29, 1.82) is 0 Å². The van der Waals surface area contributed by atoms with Crippen LogP contribution >= 0.6 is 23.4 Å². The molecule has 0 saturated heterocycles. The smallest absolute Gasteiger partial charge is 0.242 e. The van der Waals surface area contributed by atoms with Crippen LogP contribution in [-0.4, -0.2) is 35.1 Å². The Hall–Kier alpha value is -1.98. The van der Waals surface area contributed by atoms with Crippen molar-refractivity contribution in [2.24, 2.45) is 0 Å². The lowest BCUT2D eigenvalue weighted by Crippen LogP contribution is -2.48. The molecular formula is C23H29ClN2O2S. The standard InChI is InChI=1S/C23H29ClN2O2S/c1-4-12-25-23(28)18(3)26(14-19-10-8-17(2)9-11-19)22(27)16-29-15-20-6-5-7-21(24)13-20/h5-11,13,18H,4,12,14-16H2,1-3H3,(H,25,28)/t18-/m1/s1. The fraction of sp³-hybridized carbons (Fsp3) is 0.391. The maximum absolute atomic E-state index is 13.0. The van der Waals surface area contributed by atoms with Gasteiger partial charge in [-0.2, -0.15) is 0 Å². The Morgan fingerprint density at radius 2 is 1.86 bits per heavy atom. The predicted molar refractivity (Wildman–Crippen MR) is 122 cm³/mol. The van der Waals surface area contributed by atoms with E-state index in [0.717, 1.165) is 23.1 Å². The van der Waals surface area contributed by atoms with Crippen LogP contribution in [0.4, 0.5) is 0 Å². The predicted octanol–water partition coefficient (Wildman–Crippen LogP) is 4.83. The molecule has 156 valence electrons. The normalized spacial score (nSPS) is 11.7. The number of hydrogen-bond donors (Lipinski definition) is 1. The topological polar surface area (TPSA) is 49.4 Å². The summed E-state index contributed by atoms with van der Waals surface area (Å²) in [6, 6.07) is 15.2. The summed E-state index contributed by atoms with van der Waals surface area (Å²) < 4.78 is 0. The number of thioether (sulfide) groups is 1. The zero-order chi connectivity index (χ0) is 21.2. The molecule has 2 rings (SSSR count). The summed E-state index contributed by atoms with van der Waals surface area (Å²) in [7, 11) is 0. The molecule has 0 radical (unpaired) electrons. The lowest BCUT2D eigenvalue weighted by atomic mass is 10.1. The molecule has 1 N–H and O–H groups in total. The van der Waals surface area contributed by atoms with Crippen LogP contribution < -0.4 is 5.32 Å². The third-order valence-electron chi connectivity index (χ3n) is 4.57. The first kappa shape index (κ1) is 23.3. The van der Waals surface area contributed by atoms with E-state index in [1.165, 1.54) is 11.8 Å². The molecule has 0 fully saturated rings. The molecule has 0 unspecified atom stereocenters. The van der Waals surface area contributed by atoms with Crippen LogP contribution in [0.25, 0.3) is 0 Å². The van der Waals surface area contributed by atoms with E-state index in [1.807, 2.05) is 62.4 Å². The van der Waals surface area contributed by atoms with Gasteiger partial charge in [0, 0.05) is 23.9 Å². The van der Waals surface area contributed by atoms with E-state index in [9.17, 15) is 9.59 Å². The molecule has 2 aromatic carbocycles. The van der Waals surface area contributed by atoms with Gasteiger partial charge in [-0.3, -0.25) is 9.59 Å². The Labute approximate surface area is 183 Å². The Balaban J connectivity index is 2.04. The van der Waals surface area contributed by atoms with Gasteiger partial charge < -0.3 is 10.2 Å². The Kier molecular flexibility index (Phi) is 9.55. The van der Waals surface area contributed by atoms with E-state index in [0.29, 0.717) is 29.6 Å². The van der Waals surface area contributed by atoms with Crippen LogP contribution in [0.5, 0.6) is 0 Å². The lowest BCUT2D eigenvalue weighted by molar-refractivity contribution is -0.138. The van der Waals surface area contributed by atoms with Crippen LogP contribution in [0.2, 0.25) is 5.02 Å². The van der Waals surface area contributed by atoms with Gasteiger partial charge in [0.2, 0.25) is 11.8 Å². The van der Waals surface area contributed by atoms with E-state index in [4.69, 9.17) is 11.6 Å². The van der Waals surface area contributed by atoms with Gasteiger partial charge in [0.25, 0.3) is 0 Å². The number of rotatable bonds is 10.